The van der Waals surface area contributed by atoms with Gasteiger partial charge < -0.3 is 19.4 Å². The van der Waals surface area contributed by atoms with Crippen LogP contribution in [0.15, 0.2) is 52.4 Å². The van der Waals surface area contributed by atoms with Gasteiger partial charge in [0.05, 0.1) is 19.8 Å². The minimum Gasteiger partial charge on any atom is -0.493 e. The highest BCUT2D eigenvalue weighted by molar-refractivity contribution is 7.98. The first-order valence-electron chi connectivity index (χ1n) is 9.91. The van der Waals surface area contributed by atoms with E-state index in [4.69, 9.17) is 9.47 Å². The quantitative estimate of drug-likeness (QED) is 0.451. The summed E-state index contributed by atoms with van der Waals surface area (Å²) in [6.45, 7) is 0. The number of thioether (sulfide) groups is 1. The van der Waals surface area contributed by atoms with Gasteiger partial charge >= 0.3 is 0 Å². The van der Waals surface area contributed by atoms with Crippen molar-refractivity contribution in [1.29, 1.82) is 0 Å². The first-order chi connectivity index (χ1) is 15.4. The van der Waals surface area contributed by atoms with Gasteiger partial charge in [0.15, 0.2) is 16.7 Å². The lowest BCUT2D eigenvalue weighted by atomic mass is 9.86. The van der Waals surface area contributed by atoms with Crippen LogP contribution in [-0.4, -0.2) is 29.7 Å². The number of fused-ring (bicyclic) bond motifs is 1. The van der Waals surface area contributed by atoms with Crippen LogP contribution < -0.4 is 20.3 Å². The summed E-state index contributed by atoms with van der Waals surface area (Å²) in [5.41, 5.74) is 1.25. The molecule has 0 saturated heterocycles. The molecule has 0 spiro atoms. The van der Waals surface area contributed by atoms with Gasteiger partial charge in [-0.05, 0) is 29.3 Å². The van der Waals surface area contributed by atoms with Crippen LogP contribution in [0.2, 0.25) is 0 Å². The number of hydrogen-bond acceptors (Lipinski definition) is 6. The number of carbonyl (C=O) groups is 1. The fraction of sp³-hybridized carbons (Fsp3) is 0.261. The zero-order valence-corrected chi connectivity index (χ0v) is 18.7. The van der Waals surface area contributed by atoms with Crippen LogP contribution in [0, 0.1) is 5.82 Å². The van der Waals surface area contributed by atoms with Gasteiger partial charge in [-0.25, -0.2) is 4.39 Å². The zero-order valence-electron chi connectivity index (χ0n) is 17.8. The van der Waals surface area contributed by atoms with Gasteiger partial charge in [-0.1, -0.05) is 36.0 Å². The summed E-state index contributed by atoms with van der Waals surface area (Å²) in [5, 5.41) is 3.20. The summed E-state index contributed by atoms with van der Waals surface area (Å²) < 4.78 is 26.3. The Morgan fingerprint density at radius 2 is 1.91 bits per heavy atom. The molecule has 32 heavy (non-hydrogen) atoms. The van der Waals surface area contributed by atoms with Gasteiger partial charge in [0.1, 0.15) is 11.6 Å². The Bertz CT molecular complexity index is 1240. The van der Waals surface area contributed by atoms with E-state index >= 15 is 0 Å². The van der Waals surface area contributed by atoms with Crippen LogP contribution in [0.4, 0.5) is 10.2 Å². The van der Waals surface area contributed by atoms with Crippen molar-refractivity contribution < 1.29 is 18.7 Å². The van der Waals surface area contributed by atoms with E-state index in [2.05, 4.69) is 10.3 Å². The molecule has 0 saturated carbocycles. The lowest BCUT2D eigenvalue weighted by Crippen LogP contribution is -2.33. The van der Waals surface area contributed by atoms with Crippen molar-refractivity contribution in [3.8, 4) is 11.5 Å². The lowest BCUT2D eigenvalue weighted by molar-refractivity contribution is -0.116. The molecule has 7 nitrogen and oxygen atoms in total. The predicted octanol–water partition coefficient (Wildman–Crippen LogP) is 3.70. The SMILES string of the molecule is COc1ccc([C@@H]2CC(=O)Nc3c2c(=O)nc(SCc2ccccc2F)n3C)cc1OC. The fourth-order valence-electron chi connectivity index (χ4n) is 3.78. The Balaban J connectivity index is 1.73. The van der Waals surface area contributed by atoms with Gasteiger partial charge in [0, 0.05) is 25.1 Å². The average Bonchev–Trinajstić information content (AvgIpc) is 2.80. The summed E-state index contributed by atoms with van der Waals surface area (Å²) in [7, 11) is 4.80. The zero-order chi connectivity index (χ0) is 22.8. The molecule has 1 amide bonds. The minimum absolute atomic E-state index is 0.112. The van der Waals surface area contributed by atoms with Gasteiger partial charge in [-0.3, -0.25) is 9.59 Å². The summed E-state index contributed by atoms with van der Waals surface area (Å²) in [4.78, 5) is 29.8. The molecule has 0 fully saturated rings. The number of halogens is 1. The molecule has 1 aromatic heterocycles. The molecule has 166 valence electrons. The van der Waals surface area contributed by atoms with Gasteiger partial charge in [0.2, 0.25) is 5.91 Å². The third kappa shape index (κ3) is 4.08. The normalized spacial score (nSPS) is 15.1. The van der Waals surface area contributed by atoms with Crippen LogP contribution >= 0.6 is 11.8 Å². The van der Waals surface area contributed by atoms with E-state index in [1.54, 1.807) is 49.1 Å². The average molecular weight is 456 g/mol. The molecule has 0 bridgehead atoms. The van der Waals surface area contributed by atoms with Crippen molar-refractivity contribution in [2.24, 2.45) is 7.05 Å². The second-order valence-corrected chi connectivity index (χ2v) is 8.26. The number of rotatable bonds is 6. The van der Waals surface area contributed by atoms with Crippen LogP contribution in [-0.2, 0) is 17.6 Å². The maximum Gasteiger partial charge on any atom is 0.279 e. The van der Waals surface area contributed by atoms with E-state index < -0.39 is 11.5 Å². The smallest absolute Gasteiger partial charge is 0.279 e. The molecular formula is C23H22FN3O4S. The third-order valence-electron chi connectivity index (χ3n) is 5.43. The van der Waals surface area contributed by atoms with Crippen LogP contribution in [0.3, 0.4) is 0 Å². The molecule has 9 heteroatoms. The van der Waals surface area contributed by atoms with Crippen LogP contribution in [0.5, 0.6) is 11.5 Å². The van der Waals surface area contributed by atoms with E-state index in [9.17, 15) is 14.0 Å². The number of ether oxygens (including phenoxy) is 2. The number of benzene rings is 2. The molecule has 0 unspecified atom stereocenters. The summed E-state index contributed by atoms with van der Waals surface area (Å²) in [6, 6.07) is 11.8. The molecule has 4 rings (SSSR count). The van der Waals surface area contributed by atoms with Gasteiger partial charge in [-0.15, -0.1) is 0 Å². The monoisotopic (exact) mass is 455 g/mol. The van der Waals surface area contributed by atoms with Crippen molar-refractivity contribution in [2.75, 3.05) is 19.5 Å². The number of amides is 1. The Morgan fingerprint density at radius 3 is 2.62 bits per heavy atom. The van der Waals surface area contributed by atoms with Crippen molar-refractivity contribution >= 4 is 23.5 Å². The number of anilines is 1. The number of methoxy groups -OCH3 is 2. The number of carbonyl (C=O) groups excluding carboxylic acids is 1. The maximum atomic E-state index is 14.0. The van der Waals surface area contributed by atoms with Crippen LogP contribution in [0.1, 0.15) is 29.0 Å². The number of nitrogens with zero attached hydrogens (tertiary/aromatic N) is 2. The Morgan fingerprint density at radius 1 is 1.16 bits per heavy atom. The van der Waals surface area contributed by atoms with Gasteiger partial charge in [0.25, 0.3) is 5.56 Å². The molecule has 2 aromatic carbocycles. The number of nitrogens with one attached hydrogen (secondary N) is 1. The van der Waals surface area contributed by atoms with Crippen molar-refractivity contribution in [3.63, 3.8) is 0 Å². The summed E-state index contributed by atoms with van der Waals surface area (Å²) in [5.74, 6) is 0.779. The maximum absolute atomic E-state index is 14.0. The molecule has 1 aliphatic rings. The fourth-order valence-corrected chi connectivity index (χ4v) is 4.73. The topological polar surface area (TPSA) is 82.5 Å². The molecule has 0 radical (unpaired) electrons. The van der Waals surface area contributed by atoms with E-state index in [1.165, 1.54) is 24.9 Å². The first-order valence-corrected chi connectivity index (χ1v) is 10.9. The molecule has 2 heterocycles. The van der Waals surface area contributed by atoms with E-state index in [1.807, 2.05) is 6.07 Å². The minimum atomic E-state index is -0.477. The molecule has 1 N–H and O–H groups in total. The summed E-state index contributed by atoms with van der Waals surface area (Å²) in [6.07, 6.45) is 0.112. The van der Waals surface area contributed by atoms with Gasteiger partial charge in [-0.2, -0.15) is 4.98 Å². The van der Waals surface area contributed by atoms with Crippen molar-refractivity contribution in [1.82, 2.24) is 9.55 Å². The standard InChI is InChI=1S/C23H22FN3O4S/c1-27-21-20(22(29)26-23(27)32-12-14-6-4-5-7-16(14)24)15(11-19(28)25-21)13-8-9-17(30-2)18(10-13)31-3/h4-10,15H,11-12H2,1-3H3,(H,25,28)/t15-/m0/s1. The highest BCUT2D eigenvalue weighted by Crippen LogP contribution is 2.39. The number of hydrogen-bond donors (Lipinski definition) is 1. The lowest BCUT2D eigenvalue weighted by Gasteiger charge is -2.28. The predicted molar refractivity (Wildman–Crippen MR) is 120 cm³/mol. The Hall–Kier alpha value is -3.33. The molecule has 0 aliphatic carbocycles. The van der Waals surface area contributed by atoms with E-state index in [-0.39, 0.29) is 18.1 Å². The van der Waals surface area contributed by atoms with Crippen LogP contribution in [0.25, 0.3) is 0 Å². The summed E-state index contributed by atoms with van der Waals surface area (Å²) >= 11 is 1.23. The largest absolute Gasteiger partial charge is 0.493 e. The Kier molecular flexibility index (Phi) is 6.18. The van der Waals surface area contributed by atoms with E-state index in [0.717, 1.165) is 5.56 Å². The second kappa shape index (κ2) is 9.04. The highest BCUT2D eigenvalue weighted by Gasteiger charge is 2.32. The third-order valence-corrected chi connectivity index (χ3v) is 6.50. The first kappa shape index (κ1) is 21.9. The Labute approximate surface area is 188 Å². The molecule has 3 aromatic rings. The number of aromatic nitrogens is 2. The molecule has 1 aliphatic heterocycles. The van der Waals surface area contributed by atoms with Crippen molar-refractivity contribution in [3.05, 3.63) is 75.3 Å². The molecule has 1 atom stereocenters. The highest BCUT2D eigenvalue weighted by atomic mass is 32.2. The molecular weight excluding hydrogens is 433 g/mol. The second-order valence-electron chi connectivity index (χ2n) is 7.32. The van der Waals surface area contributed by atoms with Crippen molar-refractivity contribution in [2.45, 2.75) is 23.2 Å². The van der Waals surface area contributed by atoms with E-state index in [0.29, 0.717) is 39.4 Å².